The van der Waals surface area contributed by atoms with Crippen LogP contribution in [0.4, 0.5) is 0 Å². The summed E-state index contributed by atoms with van der Waals surface area (Å²) in [5, 5.41) is 3.38. The van der Waals surface area contributed by atoms with Crippen LogP contribution in [0.3, 0.4) is 0 Å². The quantitative estimate of drug-likeness (QED) is 0.564. The lowest BCUT2D eigenvalue weighted by Crippen LogP contribution is -2.56. The van der Waals surface area contributed by atoms with Gasteiger partial charge in [-0.1, -0.05) is 13.8 Å². The van der Waals surface area contributed by atoms with Crippen molar-refractivity contribution in [3.8, 4) is 0 Å². The highest BCUT2D eigenvalue weighted by molar-refractivity contribution is 4.83. The average molecular weight is 171 g/mol. The zero-order valence-corrected chi connectivity index (χ0v) is 8.21. The van der Waals surface area contributed by atoms with Gasteiger partial charge < -0.3 is 5.73 Å². The third-order valence-corrected chi connectivity index (χ3v) is 2.50. The summed E-state index contributed by atoms with van der Waals surface area (Å²) in [6.07, 6.45) is 4.58. The number of nitrogens with one attached hydrogen (secondary N) is 1. The Balaban J connectivity index is 0.000000336. The van der Waals surface area contributed by atoms with E-state index >= 15 is 0 Å². The summed E-state index contributed by atoms with van der Waals surface area (Å²) < 4.78 is 0. The maximum absolute atomic E-state index is 5.75. The number of nitrogens with zero attached hydrogens (tertiary/aromatic N) is 1. The number of nitrogens with two attached hydrogens (primary N) is 1. The van der Waals surface area contributed by atoms with Gasteiger partial charge in [0.2, 0.25) is 0 Å². The fraction of sp³-hybridized carbons (Fsp3) is 1.00. The fourth-order valence-corrected chi connectivity index (χ4v) is 1.92. The predicted octanol–water partition coefficient (Wildman–Crippen LogP) is 0.713. The molecule has 0 amide bonds. The van der Waals surface area contributed by atoms with Crippen LogP contribution in [0, 0.1) is 0 Å². The molecule has 0 radical (unpaired) electrons. The van der Waals surface area contributed by atoms with Crippen LogP contribution in [0.25, 0.3) is 0 Å². The molecular formula is C9H21N3. The zero-order valence-electron chi connectivity index (χ0n) is 8.21. The van der Waals surface area contributed by atoms with E-state index in [0.29, 0.717) is 6.17 Å². The van der Waals surface area contributed by atoms with Crippen molar-refractivity contribution in [3.63, 3.8) is 0 Å². The lowest BCUT2D eigenvalue weighted by atomic mass is 10.2. The molecule has 12 heavy (non-hydrogen) atoms. The Morgan fingerprint density at radius 2 is 2.00 bits per heavy atom. The number of rotatable bonds is 0. The van der Waals surface area contributed by atoms with E-state index in [1.165, 1.54) is 25.9 Å². The van der Waals surface area contributed by atoms with Gasteiger partial charge in [0, 0.05) is 6.54 Å². The van der Waals surface area contributed by atoms with Crippen molar-refractivity contribution >= 4 is 0 Å². The van der Waals surface area contributed by atoms with Gasteiger partial charge in [0.25, 0.3) is 0 Å². The molecule has 2 atom stereocenters. The molecule has 2 heterocycles. The highest BCUT2D eigenvalue weighted by atomic mass is 15.3. The Labute approximate surface area is 75.3 Å². The van der Waals surface area contributed by atoms with E-state index in [1.807, 2.05) is 13.8 Å². The number of hydrogen-bond donors (Lipinski definition) is 2. The number of hydrogen-bond acceptors (Lipinski definition) is 3. The molecule has 0 aliphatic carbocycles. The zero-order chi connectivity index (χ0) is 8.97. The van der Waals surface area contributed by atoms with Crippen molar-refractivity contribution in [2.75, 3.05) is 13.1 Å². The third-order valence-electron chi connectivity index (χ3n) is 2.50. The first-order valence-corrected chi connectivity index (χ1v) is 5.12. The normalized spacial score (nSPS) is 35.2. The van der Waals surface area contributed by atoms with Crippen LogP contribution < -0.4 is 11.1 Å². The summed E-state index contributed by atoms with van der Waals surface area (Å²) in [5.74, 6) is 0. The molecule has 3 nitrogen and oxygen atoms in total. The second kappa shape index (κ2) is 4.80. The van der Waals surface area contributed by atoms with Crippen LogP contribution in [0.5, 0.6) is 0 Å². The molecular weight excluding hydrogens is 150 g/mol. The molecule has 3 heteroatoms. The van der Waals surface area contributed by atoms with Gasteiger partial charge in [-0.25, -0.2) is 0 Å². The summed E-state index contributed by atoms with van der Waals surface area (Å²) >= 11 is 0. The number of fused-ring (bicyclic) bond motifs is 1. The molecule has 0 aromatic heterocycles. The molecule has 2 unspecified atom stereocenters. The van der Waals surface area contributed by atoms with Crippen molar-refractivity contribution in [1.82, 2.24) is 10.2 Å². The summed E-state index contributed by atoms with van der Waals surface area (Å²) in [7, 11) is 0. The fourth-order valence-electron chi connectivity index (χ4n) is 1.92. The van der Waals surface area contributed by atoms with E-state index in [-0.39, 0.29) is 6.17 Å². The van der Waals surface area contributed by atoms with Crippen LogP contribution in [0.1, 0.15) is 33.1 Å². The van der Waals surface area contributed by atoms with Gasteiger partial charge in [0.1, 0.15) is 0 Å². The van der Waals surface area contributed by atoms with Gasteiger partial charge in [0.15, 0.2) is 0 Å². The van der Waals surface area contributed by atoms with Crippen LogP contribution in [-0.4, -0.2) is 30.3 Å². The second-order valence-electron chi connectivity index (χ2n) is 3.26. The van der Waals surface area contributed by atoms with Crippen molar-refractivity contribution < 1.29 is 0 Å². The maximum atomic E-state index is 5.75. The SMILES string of the molecule is CC.NC1CCN2CCCC2N1. The largest absolute Gasteiger partial charge is 0.316 e. The predicted molar refractivity (Wildman–Crippen MR) is 51.7 cm³/mol. The van der Waals surface area contributed by atoms with Crippen LogP contribution in [-0.2, 0) is 0 Å². The Morgan fingerprint density at radius 3 is 2.75 bits per heavy atom. The van der Waals surface area contributed by atoms with Crippen molar-refractivity contribution in [1.29, 1.82) is 0 Å². The molecule has 2 saturated heterocycles. The lowest BCUT2D eigenvalue weighted by molar-refractivity contribution is 0.147. The topological polar surface area (TPSA) is 41.3 Å². The first-order chi connectivity index (χ1) is 5.86. The molecule has 0 bridgehead atoms. The molecule has 2 rings (SSSR count). The Hall–Kier alpha value is -0.120. The maximum Gasteiger partial charge on any atom is 0.0609 e. The average Bonchev–Trinajstić information content (AvgIpc) is 2.54. The Kier molecular flexibility index (Phi) is 3.98. The lowest BCUT2D eigenvalue weighted by Gasteiger charge is -2.34. The summed E-state index contributed by atoms with van der Waals surface area (Å²) in [6, 6.07) is 0. The molecule has 0 spiro atoms. The minimum absolute atomic E-state index is 0.249. The van der Waals surface area contributed by atoms with E-state index in [1.54, 1.807) is 0 Å². The van der Waals surface area contributed by atoms with E-state index in [4.69, 9.17) is 5.73 Å². The van der Waals surface area contributed by atoms with E-state index in [9.17, 15) is 0 Å². The van der Waals surface area contributed by atoms with Gasteiger partial charge in [-0.3, -0.25) is 10.2 Å². The molecule has 2 aliphatic rings. The smallest absolute Gasteiger partial charge is 0.0609 e. The van der Waals surface area contributed by atoms with E-state index in [2.05, 4.69) is 10.2 Å². The molecule has 2 aliphatic heterocycles. The molecule has 0 saturated carbocycles. The minimum Gasteiger partial charge on any atom is -0.316 e. The summed E-state index contributed by atoms with van der Waals surface area (Å²) in [6.45, 7) is 6.46. The van der Waals surface area contributed by atoms with Crippen LogP contribution >= 0.6 is 0 Å². The Morgan fingerprint density at radius 1 is 1.25 bits per heavy atom. The molecule has 0 aromatic rings. The van der Waals surface area contributed by atoms with E-state index in [0.717, 1.165) is 6.42 Å². The molecule has 72 valence electrons. The van der Waals surface area contributed by atoms with Gasteiger partial charge in [-0.05, 0) is 25.8 Å². The standard InChI is InChI=1S/C7H15N3.C2H6/c8-6-3-5-10-4-1-2-7(10)9-6;1-2/h6-7,9H,1-5,8H2;1-2H3. The van der Waals surface area contributed by atoms with Gasteiger partial charge in [-0.2, -0.15) is 0 Å². The van der Waals surface area contributed by atoms with E-state index < -0.39 is 0 Å². The third kappa shape index (κ3) is 2.19. The Bertz CT molecular complexity index is 127. The van der Waals surface area contributed by atoms with Gasteiger partial charge >= 0.3 is 0 Å². The summed E-state index contributed by atoms with van der Waals surface area (Å²) in [5.41, 5.74) is 5.75. The highest BCUT2D eigenvalue weighted by Crippen LogP contribution is 2.18. The monoisotopic (exact) mass is 171 g/mol. The van der Waals surface area contributed by atoms with Gasteiger partial charge in [-0.15, -0.1) is 0 Å². The first-order valence-electron chi connectivity index (χ1n) is 5.12. The minimum atomic E-state index is 0.249. The second-order valence-corrected chi connectivity index (χ2v) is 3.26. The first kappa shape index (κ1) is 9.96. The molecule has 0 aromatic carbocycles. The summed E-state index contributed by atoms with van der Waals surface area (Å²) in [4.78, 5) is 2.49. The van der Waals surface area contributed by atoms with Crippen molar-refractivity contribution in [2.24, 2.45) is 5.73 Å². The van der Waals surface area contributed by atoms with Crippen LogP contribution in [0.15, 0.2) is 0 Å². The van der Waals surface area contributed by atoms with Gasteiger partial charge in [0.05, 0.1) is 12.3 Å². The molecule has 3 N–H and O–H groups in total. The van der Waals surface area contributed by atoms with Crippen molar-refractivity contribution in [3.05, 3.63) is 0 Å². The molecule has 2 fully saturated rings. The van der Waals surface area contributed by atoms with Crippen LogP contribution in [0.2, 0.25) is 0 Å². The van der Waals surface area contributed by atoms with Crippen molar-refractivity contribution in [2.45, 2.75) is 45.4 Å². The highest BCUT2D eigenvalue weighted by Gasteiger charge is 2.29.